The van der Waals surface area contributed by atoms with E-state index < -0.39 is 5.60 Å². The van der Waals surface area contributed by atoms with Gasteiger partial charge in [0.25, 0.3) is 0 Å². The molecule has 1 aromatic carbocycles. The molecule has 0 saturated carbocycles. The van der Waals surface area contributed by atoms with E-state index in [1.807, 2.05) is 37.3 Å². The van der Waals surface area contributed by atoms with Gasteiger partial charge < -0.3 is 15.3 Å². The molecule has 0 aliphatic heterocycles. The maximum atomic E-state index is 11.6. The zero-order valence-corrected chi connectivity index (χ0v) is 11.3. The molecule has 1 atom stereocenters. The van der Waals surface area contributed by atoms with Crippen molar-refractivity contribution in [1.82, 2.24) is 10.2 Å². The second kappa shape index (κ2) is 6.52. The lowest BCUT2D eigenvalue weighted by atomic mass is 9.96. The smallest absolute Gasteiger partial charge is 0.236 e. The number of rotatable bonds is 6. The summed E-state index contributed by atoms with van der Waals surface area (Å²) in [6, 6.07) is 9.44. The van der Waals surface area contributed by atoms with E-state index >= 15 is 0 Å². The summed E-state index contributed by atoms with van der Waals surface area (Å²) in [6.07, 6.45) is 0. The molecule has 100 valence electrons. The van der Waals surface area contributed by atoms with Gasteiger partial charge in [0.05, 0.1) is 12.1 Å². The summed E-state index contributed by atoms with van der Waals surface area (Å²) in [7, 11) is 1.76. The van der Waals surface area contributed by atoms with Crippen molar-refractivity contribution in [3.8, 4) is 0 Å². The van der Waals surface area contributed by atoms with Crippen LogP contribution in [0.25, 0.3) is 0 Å². The number of nitrogens with zero attached hydrogens (tertiary/aromatic N) is 1. The van der Waals surface area contributed by atoms with Crippen molar-refractivity contribution in [2.24, 2.45) is 0 Å². The third-order valence-electron chi connectivity index (χ3n) is 3.04. The van der Waals surface area contributed by atoms with Crippen molar-refractivity contribution in [3.63, 3.8) is 0 Å². The van der Waals surface area contributed by atoms with Gasteiger partial charge in [-0.05, 0) is 19.4 Å². The van der Waals surface area contributed by atoms with Crippen LogP contribution < -0.4 is 5.32 Å². The Kier molecular flexibility index (Phi) is 5.31. The average molecular weight is 250 g/mol. The van der Waals surface area contributed by atoms with Gasteiger partial charge in [0.15, 0.2) is 0 Å². The van der Waals surface area contributed by atoms with E-state index in [1.54, 1.807) is 18.9 Å². The minimum atomic E-state index is -0.966. The first kappa shape index (κ1) is 14.7. The van der Waals surface area contributed by atoms with E-state index in [1.165, 1.54) is 0 Å². The molecule has 0 aromatic heterocycles. The number of hydrogen-bond donors (Lipinski definition) is 2. The second-order valence-corrected chi connectivity index (χ2v) is 4.65. The lowest BCUT2D eigenvalue weighted by molar-refractivity contribution is -0.128. The summed E-state index contributed by atoms with van der Waals surface area (Å²) in [5.74, 6) is 0.0290. The van der Waals surface area contributed by atoms with Crippen LogP contribution >= 0.6 is 0 Å². The summed E-state index contributed by atoms with van der Waals surface area (Å²) in [5.41, 5.74) is -0.124. The fraction of sp³-hybridized carbons (Fsp3) is 0.500. The van der Waals surface area contributed by atoms with Crippen LogP contribution in [0, 0.1) is 0 Å². The summed E-state index contributed by atoms with van der Waals surface area (Å²) in [5, 5.41) is 13.3. The molecule has 0 saturated heterocycles. The molecule has 2 N–H and O–H groups in total. The van der Waals surface area contributed by atoms with E-state index in [-0.39, 0.29) is 12.5 Å². The highest BCUT2D eigenvalue weighted by atomic mass is 16.3. The van der Waals surface area contributed by atoms with Crippen LogP contribution in [0.4, 0.5) is 0 Å². The van der Waals surface area contributed by atoms with Gasteiger partial charge in [0.2, 0.25) is 5.91 Å². The molecule has 1 aromatic rings. The molecule has 0 spiro atoms. The number of carbonyl (C=O) groups excluding carboxylic acids is 1. The van der Waals surface area contributed by atoms with Crippen molar-refractivity contribution in [1.29, 1.82) is 0 Å². The van der Waals surface area contributed by atoms with Crippen LogP contribution in [0.3, 0.4) is 0 Å². The van der Waals surface area contributed by atoms with E-state index in [2.05, 4.69) is 5.32 Å². The lowest BCUT2D eigenvalue weighted by Crippen LogP contribution is -2.41. The first-order valence-corrected chi connectivity index (χ1v) is 6.20. The fourth-order valence-electron chi connectivity index (χ4n) is 1.62. The van der Waals surface area contributed by atoms with Crippen molar-refractivity contribution in [2.45, 2.75) is 19.4 Å². The average Bonchev–Trinajstić information content (AvgIpc) is 2.38. The molecule has 0 radical (unpaired) electrons. The number of nitrogens with one attached hydrogen (secondary N) is 1. The third-order valence-corrected chi connectivity index (χ3v) is 3.04. The summed E-state index contributed by atoms with van der Waals surface area (Å²) >= 11 is 0. The Labute approximate surface area is 109 Å². The molecular weight excluding hydrogens is 228 g/mol. The van der Waals surface area contributed by atoms with Gasteiger partial charge in [-0.3, -0.25) is 4.79 Å². The van der Waals surface area contributed by atoms with Gasteiger partial charge >= 0.3 is 0 Å². The quantitative estimate of drug-likeness (QED) is 0.791. The van der Waals surface area contributed by atoms with Gasteiger partial charge in [-0.2, -0.15) is 0 Å². The summed E-state index contributed by atoms with van der Waals surface area (Å²) in [6.45, 7) is 4.95. The van der Waals surface area contributed by atoms with Crippen LogP contribution in [0.5, 0.6) is 0 Å². The molecule has 1 amide bonds. The first-order valence-electron chi connectivity index (χ1n) is 6.20. The standard InChI is InChI=1S/C14H22N2O2/c1-4-16(3)13(17)10-15-11-14(2,18)12-8-6-5-7-9-12/h5-9,15,18H,4,10-11H2,1-3H3. The molecule has 1 unspecified atom stereocenters. The van der Waals surface area contributed by atoms with Gasteiger partial charge in [-0.1, -0.05) is 30.3 Å². The van der Waals surface area contributed by atoms with Crippen LogP contribution in [0.15, 0.2) is 30.3 Å². The largest absolute Gasteiger partial charge is 0.384 e. The van der Waals surface area contributed by atoms with Crippen molar-refractivity contribution in [2.75, 3.05) is 26.7 Å². The Hall–Kier alpha value is -1.39. The number of amides is 1. The van der Waals surface area contributed by atoms with Gasteiger partial charge in [0, 0.05) is 20.1 Å². The predicted molar refractivity (Wildman–Crippen MR) is 72.2 cm³/mol. The highest BCUT2D eigenvalue weighted by Crippen LogP contribution is 2.18. The highest BCUT2D eigenvalue weighted by Gasteiger charge is 2.22. The topological polar surface area (TPSA) is 52.6 Å². The highest BCUT2D eigenvalue weighted by molar-refractivity contribution is 5.77. The molecule has 0 aliphatic carbocycles. The molecular formula is C14H22N2O2. The lowest BCUT2D eigenvalue weighted by Gasteiger charge is -2.25. The second-order valence-electron chi connectivity index (χ2n) is 4.65. The fourth-order valence-corrected chi connectivity index (χ4v) is 1.62. The van der Waals surface area contributed by atoms with Crippen molar-refractivity contribution >= 4 is 5.91 Å². The van der Waals surface area contributed by atoms with Crippen LogP contribution in [0.1, 0.15) is 19.4 Å². The van der Waals surface area contributed by atoms with E-state index in [0.29, 0.717) is 13.1 Å². The molecule has 18 heavy (non-hydrogen) atoms. The monoisotopic (exact) mass is 250 g/mol. The predicted octanol–water partition coefficient (Wildman–Crippen LogP) is 0.962. The van der Waals surface area contributed by atoms with E-state index in [9.17, 15) is 9.90 Å². The number of benzene rings is 1. The maximum Gasteiger partial charge on any atom is 0.236 e. The number of hydrogen-bond acceptors (Lipinski definition) is 3. The maximum absolute atomic E-state index is 11.6. The minimum Gasteiger partial charge on any atom is -0.384 e. The molecule has 0 fully saturated rings. The molecule has 4 nitrogen and oxygen atoms in total. The number of likely N-dealkylation sites (N-methyl/N-ethyl adjacent to an activating group) is 1. The molecule has 0 aliphatic rings. The minimum absolute atomic E-state index is 0.0290. The zero-order chi connectivity index (χ0) is 13.6. The molecule has 0 bridgehead atoms. The Morgan fingerprint density at radius 2 is 2.00 bits per heavy atom. The molecule has 1 rings (SSSR count). The van der Waals surface area contributed by atoms with Crippen molar-refractivity contribution < 1.29 is 9.90 Å². The zero-order valence-electron chi connectivity index (χ0n) is 11.3. The first-order chi connectivity index (χ1) is 8.47. The Morgan fingerprint density at radius 3 is 2.56 bits per heavy atom. The molecule has 4 heteroatoms. The third kappa shape index (κ3) is 4.13. The van der Waals surface area contributed by atoms with Crippen LogP contribution in [-0.4, -0.2) is 42.6 Å². The summed E-state index contributed by atoms with van der Waals surface area (Å²) in [4.78, 5) is 13.2. The SMILES string of the molecule is CCN(C)C(=O)CNCC(C)(O)c1ccccc1. The van der Waals surface area contributed by atoms with Crippen molar-refractivity contribution in [3.05, 3.63) is 35.9 Å². The van der Waals surface area contributed by atoms with Gasteiger partial charge in [0.1, 0.15) is 0 Å². The Morgan fingerprint density at radius 1 is 1.39 bits per heavy atom. The Balaban J connectivity index is 2.46. The molecule has 0 heterocycles. The number of aliphatic hydroxyl groups is 1. The number of carbonyl (C=O) groups is 1. The van der Waals surface area contributed by atoms with Crippen LogP contribution in [0.2, 0.25) is 0 Å². The van der Waals surface area contributed by atoms with Gasteiger partial charge in [-0.15, -0.1) is 0 Å². The Bertz CT molecular complexity index is 377. The van der Waals surface area contributed by atoms with E-state index in [4.69, 9.17) is 0 Å². The summed E-state index contributed by atoms with van der Waals surface area (Å²) < 4.78 is 0. The normalized spacial score (nSPS) is 14.0. The van der Waals surface area contributed by atoms with E-state index in [0.717, 1.165) is 5.56 Å². The van der Waals surface area contributed by atoms with Crippen LogP contribution in [-0.2, 0) is 10.4 Å². The van der Waals surface area contributed by atoms with Gasteiger partial charge in [-0.25, -0.2) is 0 Å².